The maximum atomic E-state index is 13.2. The highest BCUT2D eigenvalue weighted by molar-refractivity contribution is 7.84. The van der Waals surface area contributed by atoms with Gasteiger partial charge in [0.1, 0.15) is 5.82 Å². The Bertz CT molecular complexity index is 640. The van der Waals surface area contributed by atoms with Crippen LogP contribution in [0.1, 0.15) is 16.7 Å². The molecule has 2 aromatic rings. The molecule has 1 unspecified atom stereocenters. The second-order valence-electron chi connectivity index (χ2n) is 4.60. The maximum Gasteiger partial charge on any atom is 0.123 e. The van der Waals surface area contributed by atoms with Crippen LogP contribution < -0.4 is 5.73 Å². The molecule has 0 radical (unpaired) electrons. The number of nitrogen functional groups attached to an aromatic ring is 1. The number of hydrogen-bond donors (Lipinski definition) is 1. The van der Waals surface area contributed by atoms with E-state index in [1.54, 1.807) is 18.2 Å². The Hall–Kier alpha value is -1.68. The number of nitrogens with two attached hydrogens (primary N) is 1. The second kappa shape index (κ2) is 5.53. The zero-order chi connectivity index (χ0) is 14.0. The summed E-state index contributed by atoms with van der Waals surface area (Å²) in [6.07, 6.45) is 0. The van der Waals surface area contributed by atoms with Crippen molar-refractivity contribution in [1.29, 1.82) is 0 Å². The van der Waals surface area contributed by atoms with Gasteiger partial charge in [-0.15, -0.1) is 0 Å². The summed E-state index contributed by atoms with van der Waals surface area (Å²) < 4.78 is 25.5. The fraction of sp³-hybridized carbons (Fsp3) is 0.200. The van der Waals surface area contributed by atoms with Crippen LogP contribution in [0.25, 0.3) is 0 Å². The molecule has 0 bridgehead atoms. The Kier molecular flexibility index (Phi) is 4.00. The highest BCUT2D eigenvalue weighted by Gasteiger charge is 2.11. The van der Waals surface area contributed by atoms with E-state index in [4.69, 9.17) is 5.73 Å². The molecular weight excluding hydrogens is 261 g/mol. The minimum atomic E-state index is -1.26. The van der Waals surface area contributed by atoms with Crippen LogP contribution in [0.15, 0.2) is 41.3 Å². The van der Waals surface area contributed by atoms with Gasteiger partial charge in [-0.3, -0.25) is 4.21 Å². The minimum absolute atomic E-state index is 0.275. The predicted octanol–water partition coefficient (Wildman–Crippen LogP) is 3.33. The zero-order valence-corrected chi connectivity index (χ0v) is 11.8. The summed E-state index contributed by atoms with van der Waals surface area (Å²) in [4.78, 5) is 0.606. The third-order valence-corrected chi connectivity index (χ3v) is 4.44. The van der Waals surface area contributed by atoms with E-state index in [1.165, 1.54) is 12.1 Å². The van der Waals surface area contributed by atoms with E-state index in [0.29, 0.717) is 10.6 Å². The summed E-state index contributed by atoms with van der Waals surface area (Å²) in [6, 6.07) is 9.98. The standard InChI is InChI=1S/C15H16FNOS/c1-10-3-6-15(14(17)7-10)19(18)9-12-8-13(16)5-4-11(12)2/h3-8H,9,17H2,1-2H3. The third-order valence-electron chi connectivity index (χ3n) is 3.01. The van der Waals surface area contributed by atoms with Crippen LogP contribution in [-0.4, -0.2) is 4.21 Å². The molecule has 0 aliphatic carbocycles. The number of aryl methyl sites for hydroxylation is 2. The van der Waals surface area contributed by atoms with Crippen LogP contribution >= 0.6 is 0 Å². The lowest BCUT2D eigenvalue weighted by Gasteiger charge is -2.09. The first-order chi connectivity index (χ1) is 8.97. The molecule has 2 aromatic carbocycles. The molecule has 0 fully saturated rings. The van der Waals surface area contributed by atoms with Crippen molar-refractivity contribution in [2.24, 2.45) is 0 Å². The fourth-order valence-electron chi connectivity index (χ4n) is 1.89. The topological polar surface area (TPSA) is 43.1 Å². The van der Waals surface area contributed by atoms with E-state index in [2.05, 4.69) is 0 Å². The van der Waals surface area contributed by atoms with Crippen molar-refractivity contribution in [2.75, 3.05) is 5.73 Å². The monoisotopic (exact) mass is 277 g/mol. The fourth-order valence-corrected chi connectivity index (χ4v) is 3.18. The SMILES string of the molecule is Cc1ccc(S(=O)Cc2cc(F)ccc2C)c(N)c1. The van der Waals surface area contributed by atoms with Crippen molar-refractivity contribution in [3.8, 4) is 0 Å². The van der Waals surface area contributed by atoms with E-state index < -0.39 is 10.8 Å². The number of halogens is 1. The molecule has 0 saturated carbocycles. The quantitative estimate of drug-likeness (QED) is 0.874. The average Bonchev–Trinajstić information content (AvgIpc) is 2.33. The van der Waals surface area contributed by atoms with Crippen molar-refractivity contribution < 1.29 is 8.60 Å². The lowest BCUT2D eigenvalue weighted by molar-refractivity contribution is 0.625. The summed E-state index contributed by atoms with van der Waals surface area (Å²) in [6.45, 7) is 3.81. The average molecular weight is 277 g/mol. The van der Waals surface area contributed by atoms with Gasteiger partial charge in [0, 0.05) is 5.69 Å². The molecule has 2 N–H and O–H groups in total. The summed E-state index contributed by atoms with van der Waals surface area (Å²) >= 11 is 0. The lowest BCUT2D eigenvalue weighted by atomic mass is 10.1. The molecular formula is C15H16FNOS. The summed E-state index contributed by atoms with van der Waals surface area (Å²) in [7, 11) is -1.26. The number of anilines is 1. The Morgan fingerprint density at radius 3 is 2.58 bits per heavy atom. The van der Waals surface area contributed by atoms with E-state index >= 15 is 0 Å². The molecule has 0 saturated heterocycles. The van der Waals surface area contributed by atoms with Crippen LogP contribution in [0.4, 0.5) is 10.1 Å². The number of rotatable bonds is 3. The molecule has 100 valence electrons. The second-order valence-corrected chi connectivity index (χ2v) is 6.02. The molecule has 0 spiro atoms. The highest BCUT2D eigenvalue weighted by Crippen LogP contribution is 2.22. The summed E-state index contributed by atoms with van der Waals surface area (Å²) in [5.41, 5.74) is 9.10. The van der Waals surface area contributed by atoms with Gasteiger partial charge < -0.3 is 5.73 Å². The van der Waals surface area contributed by atoms with Gasteiger partial charge in [-0.05, 0) is 54.8 Å². The van der Waals surface area contributed by atoms with Crippen molar-refractivity contribution in [2.45, 2.75) is 24.5 Å². The molecule has 4 heteroatoms. The van der Waals surface area contributed by atoms with E-state index in [9.17, 15) is 8.60 Å². The molecule has 0 aliphatic heterocycles. The maximum absolute atomic E-state index is 13.2. The lowest BCUT2D eigenvalue weighted by Crippen LogP contribution is -2.03. The molecule has 2 nitrogen and oxygen atoms in total. The highest BCUT2D eigenvalue weighted by atomic mass is 32.2. The Morgan fingerprint density at radius 2 is 1.89 bits per heavy atom. The molecule has 2 rings (SSSR count). The zero-order valence-electron chi connectivity index (χ0n) is 10.9. The third kappa shape index (κ3) is 3.20. The van der Waals surface area contributed by atoms with E-state index in [-0.39, 0.29) is 11.6 Å². The molecule has 0 aromatic heterocycles. The molecule has 0 aliphatic rings. The molecule has 19 heavy (non-hydrogen) atoms. The number of benzene rings is 2. The van der Waals surface area contributed by atoms with Crippen LogP contribution in [0.3, 0.4) is 0 Å². The van der Waals surface area contributed by atoms with Gasteiger partial charge in [-0.25, -0.2) is 4.39 Å². The largest absolute Gasteiger partial charge is 0.398 e. The van der Waals surface area contributed by atoms with Gasteiger partial charge in [-0.1, -0.05) is 12.1 Å². The van der Waals surface area contributed by atoms with Crippen LogP contribution in [0.2, 0.25) is 0 Å². The van der Waals surface area contributed by atoms with Crippen molar-refractivity contribution in [3.05, 3.63) is 58.9 Å². The molecule has 0 heterocycles. The van der Waals surface area contributed by atoms with Gasteiger partial charge in [0.2, 0.25) is 0 Å². The first-order valence-corrected chi connectivity index (χ1v) is 7.29. The van der Waals surface area contributed by atoms with Gasteiger partial charge in [-0.2, -0.15) is 0 Å². The van der Waals surface area contributed by atoms with Crippen LogP contribution in [0.5, 0.6) is 0 Å². The first kappa shape index (κ1) is 13.7. The van der Waals surface area contributed by atoms with Gasteiger partial charge in [0.25, 0.3) is 0 Å². The van der Waals surface area contributed by atoms with Crippen LogP contribution in [0, 0.1) is 19.7 Å². The van der Waals surface area contributed by atoms with Gasteiger partial charge in [0.05, 0.1) is 21.4 Å². The van der Waals surface area contributed by atoms with Gasteiger partial charge in [0.15, 0.2) is 0 Å². The minimum Gasteiger partial charge on any atom is -0.398 e. The number of hydrogen-bond acceptors (Lipinski definition) is 2. The van der Waals surface area contributed by atoms with Crippen molar-refractivity contribution >= 4 is 16.5 Å². The first-order valence-electron chi connectivity index (χ1n) is 5.97. The van der Waals surface area contributed by atoms with Crippen LogP contribution in [-0.2, 0) is 16.6 Å². The Morgan fingerprint density at radius 1 is 1.16 bits per heavy atom. The predicted molar refractivity (Wildman–Crippen MR) is 76.8 cm³/mol. The van der Waals surface area contributed by atoms with Gasteiger partial charge >= 0.3 is 0 Å². The Labute approximate surface area is 114 Å². The van der Waals surface area contributed by atoms with E-state index in [0.717, 1.165) is 16.7 Å². The van der Waals surface area contributed by atoms with Crippen molar-refractivity contribution in [1.82, 2.24) is 0 Å². The Balaban J connectivity index is 2.28. The normalized spacial score (nSPS) is 12.4. The summed E-state index contributed by atoms with van der Waals surface area (Å²) in [5.74, 6) is -0.0360. The molecule has 0 amide bonds. The summed E-state index contributed by atoms with van der Waals surface area (Å²) in [5, 5.41) is 0. The smallest absolute Gasteiger partial charge is 0.123 e. The molecule has 1 atom stereocenters. The van der Waals surface area contributed by atoms with E-state index in [1.807, 2.05) is 19.9 Å². The van der Waals surface area contributed by atoms with Crippen molar-refractivity contribution in [3.63, 3.8) is 0 Å².